The van der Waals surface area contributed by atoms with Crippen molar-refractivity contribution in [3.8, 4) is 0 Å². The van der Waals surface area contributed by atoms with E-state index in [1.807, 2.05) is 6.92 Å². The van der Waals surface area contributed by atoms with Gasteiger partial charge in [0.1, 0.15) is 11.9 Å². The number of morpholine rings is 1. The molecule has 1 atom stereocenters. The van der Waals surface area contributed by atoms with E-state index in [4.69, 9.17) is 4.74 Å². The van der Waals surface area contributed by atoms with Gasteiger partial charge >= 0.3 is 0 Å². The molecular weight excluding hydrogens is 235 g/mol. The highest BCUT2D eigenvalue weighted by atomic mass is 19.1. The number of ether oxygens (including phenoxy) is 1. The third-order valence-electron chi connectivity index (χ3n) is 2.93. The van der Waals surface area contributed by atoms with E-state index < -0.39 is 11.9 Å². The molecular formula is C13H17FN2O2. The highest BCUT2D eigenvalue weighted by Crippen LogP contribution is 2.20. The Hall–Kier alpha value is -1.46. The van der Waals surface area contributed by atoms with Gasteiger partial charge in [0.05, 0.1) is 12.3 Å². The molecule has 1 aliphatic heterocycles. The lowest BCUT2D eigenvalue weighted by Gasteiger charge is -2.29. The quantitative estimate of drug-likeness (QED) is 0.878. The summed E-state index contributed by atoms with van der Waals surface area (Å²) in [6.45, 7) is 3.96. The van der Waals surface area contributed by atoms with Crippen LogP contribution < -0.4 is 10.2 Å². The van der Waals surface area contributed by atoms with Crippen LogP contribution in [-0.4, -0.2) is 38.3 Å². The van der Waals surface area contributed by atoms with E-state index in [-0.39, 0.29) is 5.91 Å². The number of nitrogens with zero attached hydrogens (tertiary/aromatic N) is 1. The second-order valence-corrected chi connectivity index (χ2v) is 4.10. The summed E-state index contributed by atoms with van der Waals surface area (Å²) >= 11 is 0. The average molecular weight is 252 g/mol. The smallest absolute Gasteiger partial charge is 0.257 e. The van der Waals surface area contributed by atoms with Crippen molar-refractivity contribution in [3.63, 3.8) is 0 Å². The summed E-state index contributed by atoms with van der Waals surface area (Å²) in [5.41, 5.74) is 0.305. The van der Waals surface area contributed by atoms with Gasteiger partial charge in [-0.25, -0.2) is 4.39 Å². The van der Waals surface area contributed by atoms with Crippen molar-refractivity contribution < 1.29 is 13.9 Å². The molecule has 2 rings (SSSR count). The Bertz CT molecular complexity index is 419. The Kier molecular flexibility index (Phi) is 4.28. The van der Waals surface area contributed by atoms with Gasteiger partial charge in [0.2, 0.25) is 0 Å². The number of hydrogen-bond donors (Lipinski definition) is 1. The van der Waals surface area contributed by atoms with Crippen LogP contribution in [0.2, 0.25) is 0 Å². The van der Waals surface area contributed by atoms with Gasteiger partial charge in [0.15, 0.2) is 0 Å². The lowest BCUT2D eigenvalue weighted by Crippen LogP contribution is -2.49. The van der Waals surface area contributed by atoms with E-state index in [0.717, 1.165) is 6.54 Å². The van der Waals surface area contributed by atoms with Crippen LogP contribution in [0.3, 0.4) is 0 Å². The predicted octanol–water partition coefficient (Wildman–Crippen LogP) is 1.17. The molecule has 0 aliphatic carbocycles. The minimum Gasteiger partial charge on any atom is -0.366 e. The molecule has 1 amide bonds. The monoisotopic (exact) mass is 252 g/mol. The summed E-state index contributed by atoms with van der Waals surface area (Å²) in [6.07, 6.45) is -0.529. The molecule has 4 nitrogen and oxygen atoms in total. The molecule has 0 bridgehead atoms. The number of halogens is 1. The van der Waals surface area contributed by atoms with E-state index in [1.165, 1.54) is 11.0 Å². The van der Waals surface area contributed by atoms with Gasteiger partial charge in [-0.1, -0.05) is 12.1 Å². The maximum absolute atomic E-state index is 13.7. The van der Waals surface area contributed by atoms with E-state index >= 15 is 0 Å². The van der Waals surface area contributed by atoms with Crippen molar-refractivity contribution in [2.24, 2.45) is 0 Å². The molecule has 1 saturated heterocycles. The fraction of sp³-hybridized carbons (Fsp3) is 0.462. The Balaban J connectivity index is 2.17. The SMILES string of the molecule is CCN(C(=O)C1CNCCO1)c1ccccc1F. The lowest BCUT2D eigenvalue weighted by molar-refractivity contribution is -0.131. The van der Waals surface area contributed by atoms with Crippen LogP contribution in [0.5, 0.6) is 0 Å². The minimum absolute atomic E-state index is 0.199. The predicted molar refractivity (Wildman–Crippen MR) is 67.0 cm³/mol. The average Bonchev–Trinajstić information content (AvgIpc) is 2.42. The summed E-state index contributed by atoms with van der Waals surface area (Å²) < 4.78 is 19.1. The molecule has 5 heteroatoms. The summed E-state index contributed by atoms with van der Waals surface area (Å²) in [6, 6.07) is 6.28. The van der Waals surface area contributed by atoms with Crippen molar-refractivity contribution in [1.29, 1.82) is 0 Å². The number of benzene rings is 1. The van der Waals surface area contributed by atoms with Crippen LogP contribution in [0.1, 0.15) is 6.92 Å². The summed E-state index contributed by atoms with van der Waals surface area (Å²) in [5.74, 6) is -0.591. The molecule has 0 aromatic heterocycles. The first-order valence-corrected chi connectivity index (χ1v) is 6.12. The first-order chi connectivity index (χ1) is 8.74. The number of anilines is 1. The van der Waals surface area contributed by atoms with Gasteiger partial charge in [-0.2, -0.15) is 0 Å². The first kappa shape index (κ1) is 13.0. The maximum atomic E-state index is 13.7. The highest BCUT2D eigenvalue weighted by Gasteiger charge is 2.28. The molecule has 1 N–H and O–H groups in total. The van der Waals surface area contributed by atoms with Crippen LogP contribution in [0, 0.1) is 5.82 Å². The number of carbonyl (C=O) groups is 1. The molecule has 0 spiro atoms. The number of nitrogens with one attached hydrogen (secondary N) is 1. The molecule has 0 saturated carbocycles. The van der Waals surface area contributed by atoms with Gasteiger partial charge in [-0.05, 0) is 19.1 Å². The molecule has 1 heterocycles. The van der Waals surface area contributed by atoms with Gasteiger partial charge in [-0.3, -0.25) is 4.79 Å². The third-order valence-corrected chi connectivity index (χ3v) is 2.93. The Morgan fingerprint density at radius 1 is 1.56 bits per heavy atom. The molecule has 1 unspecified atom stereocenters. The maximum Gasteiger partial charge on any atom is 0.257 e. The van der Waals surface area contributed by atoms with Gasteiger partial charge in [-0.15, -0.1) is 0 Å². The second-order valence-electron chi connectivity index (χ2n) is 4.10. The summed E-state index contributed by atoms with van der Waals surface area (Å²) in [5, 5.41) is 3.09. The first-order valence-electron chi connectivity index (χ1n) is 6.12. The van der Waals surface area contributed by atoms with Crippen LogP contribution in [0.25, 0.3) is 0 Å². The molecule has 1 aromatic rings. The number of amides is 1. The van der Waals surface area contributed by atoms with Gasteiger partial charge in [0, 0.05) is 19.6 Å². The molecule has 1 aromatic carbocycles. The zero-order valence-corrected chi connectivity index (χ0v) is 10.4. The molecule has 1 fully saturated rings. The second kappa shape index (κ2) is 5.93. The molecule has 98 valence electrons. The Labute approximate surface area is 106 Å². The van der Waals surface area contributed by atoms with Crippen molar-refractivity contribution >= 4 is 11.6 Å². The fourth-order valence-corrected chi connectivity index (χ4v) is 2.01. The Morgan fingerprint density at radius 3 is 2.94 bits per heavy atom. The van der Waals surface area contributed by atoms with Crippen molar-refractivity contribution in [3.05, 3.63) is 30.1 Å². The number of rotatable bonds is 3. The van der Waals surface area contributed by atoms with Gasteiger partial charge < -0.3 is 15.0 Å². The topological polar surface area (TPSA) is 41.6 Å². The number of hydrogen-bond acceptors (Lipinski definition) is 3. The number of carbonyl (C=O) groups excluding carboxylic acids is 1. The van der Waals surface area contributed by atoms with Crippen LogP contribution in [0.15, 0.2) is 24.3 Å². The fourth-order valence-electron chi connectivity index (χ4n) is 2.01. The van der Waals surface area contributed by atoms with Crippen LogP contribution in [-0.2, 0) is 9.53 Å². The minimum atomic E-state index is -0.529. The van der Waals surface area contributed by atoms with Gasteiger partial charge in [0.25, 0.3) is 5.91 Å². The zero-order chi connectivity index (χ0) is 13.0. The van der Waals surface area contributed by atoms with E-state index in [0.29, 0.717) is 25.4 Å². The van der Waals surface area contributed by atoms with Crippen molar-refractivity contribution in [1.82, 2.24) is 5.32 Å². The zero-order valence-electron chi connectivity index (χ0n) is 10.4. The lowest BCUT2D eigenvalue weighted by atomic mass is 10.2. The van der Waals surface area contributed by atoms with Crippen molar-refractivity contribution in [2.75, 3.05) is 31.1 Å². The standard InChI is InChI=1S/C13H17FN2O2/c1-2-16(11-6-4-3-5-10(11)14)13(17)12-9-15-7-8-18-12/h3-6,12,15H,2,7-9H2,1H3. The van der Waals surface area contributed by atoms with Crippen molar-refractivity contribution in [2.45, 2.75) is 13.0 Å². The van der Waals surface area contributed by atoms with Crippen LogP contribution >= 0.6 is 0 Å². The largest absolute Gasteiger partial charge is 0.366 e. The summed E-state index contributed by atoms with van der Waals surface area (Å²) in [7, 11) is 0. The third kappa shape index (κ3) is 2.68. The Morgan fingerprint density at radius 2 is 2.33 bits per heavy atom. The number of para-hydroxylation sites is 1. The van der Waals surface area contributed by atoms with E-state index in [9.17, 15) is 9.18 Å². The van der Waals surface area contributed by atoms with Crippen LogP contribution in [0.4, 0.5) is 10.1 Å². The molecule has 18 heavy (non-hydrogen) atoms. The summed E-state index contributed by atoms with van der Waals surface area (Å²) in [4.78, 5) is 13.7. The molecule has 0 radical (unpaired) electrons. The molecule has 1 aliphatic rings. The van der Waals surface area contributed by atoms with E-state index in [2.05, 4.69) is 5.32 Å². The van der Waals surface area contributed by atoms with E-state index in [1.54, 1.807) is 18.2 Å². The number of likely N-dealkylation sites (N-methyl/N-ethyl adjacent to an activating group) is 1. The normalized spacial score (nSPS) is 19.6. The highest BCUT2D eigenvalue weighted by molar-refractivity contribution is 5.96.